The van der Waals surface area contributed by atoms with E-state index in [9.17, 15) is 14.4 Å². The van der Waals surface area contributed by atoms with E-state index in [1.807, 2.05) is 59.9 Å². The van der Waals surface area contributed by atoms with Gasteiger partial charge in [0.2, 0.25) is 0 Å². The van der Waals surface area contributed by atoms with Crippen LogP contribution in [0.3, 0.4) is 0 Å². The van der Waals surface area contributed by atoms with Crippen molar-refractivity contribution < 1.29 is 23.9 Å². The number of esters is 1. The average molecular weight is 499 g/mol. The van der Waals surface area contributed by atoms with Crippen molar-refractivity contribution in [2.45, 2.75) is 78.6 Å². The van der Waals surface area contributed by atoms with Gasteiger partial charge < -0.3 is 24.7 Å². The van der Waals surface area contributed by atoms with Gasteiger partial charge in [-0.25, -0.2) is 9.78 Å². The van der Waals surface area contributed by atoms with Gasteiger partial charge in [-0.2, -0.15) is 0 Å². The van der Waals surface area contributed by atoms with Gasteiger partial charge in [-0.3, -0.25) is 9.59 Å². The maximum Gasteiger partial charge on any atom is 0.407 e. The normalized spacial score (nSPS) is 15.6. The number of nitrogens with zero attached hydrogens (tertiary/aromatic N) is 2. The number of amides is 2. The first kappa shape index (κ1) is 27.2. The van der Waals surface area contributed by atoms with Crippen LogP contribution < -0.4 is 10.6 Å². The van der Waals surface area contributed by atoms with Gasteiger partial charge in [0.25, 0.3) is 5.91 Å². The molecule has 1 unspecified atom stereocenters. The molecule has 2 heterocycles. The monoisotopic (exact) mass is 498 g/mol. The lowest BCUT2D eigenvalue weighted by molar-refractivity contribution is -0.154. The van der Waals surface area contributed by atoms with E-state index in [1.54, 1.807) is 12.1 Å². The summed E-state index contributed by atoms with van der Waals surface area (Å²) in [6.45, 7) is 12.6. The minimum atomic E-state index is -0.541. The molecule has 2 N–H and O–H groups in total. The average Bonchev–Trinajstić information content (AvgIpc) is 3.19. The summed E-state index contributed by atoms with van der Waals surface area (Å²) in [5, 5.41) is 5.62. The Balaban J connectivity index is 1.51. The summed E-state index contributed by atoms with van der Waals surface area (Å²) in [4.78, 5) is 41.0. The number of alkyl carbamates (subject to hydrolysis) is 1. The van der Waals surface area contributed by atoms with Crippen LogP contribution in [0, 0.1) is 5.92 Å². The van der Waals surface area contributed by atoms with Gasteiger partial charge in [0.15, 0.2) is 0 Å². The number of aryl methyl sites for hydroxylation is 1. The smallest absolute Gasteiger partial charge is 0.407 e. The highest BCUT2D eigenvalue weighted by Gasteiger charge is 2.23. The summed E-state index contributed by atoms with van der Waals surface area (Å²) in [5.74, 6) is 0.697. The molecule has 0 aliphatic carbocycles. The molecular formula is C27H38N4O5. The standard InChI is InChI=1S/C27H38N4O5/c1-26(2,3)35-23(32)11-13-28-24(33)20-9-7-19(8-10-20)21-17-31-14-12-18(15-22(31)30-21)16-29-25(34)36-27(4,5)6/h7-10,17-18H,11-16H2,1-6H3,(H,28,33)(H,29,34). The van der Waals surface area contributed by atoms with Crippen LogP contribution in [0.4, 0.5) is 4.79 Å². The summed E-state index contributed by atoms with van der Waals surface area (Å²) in [7, 11) is 0. The van der Waals surface area contributed by atoms with Gasteiger partial charge in [0.05, 0.1) is 12.1 Å². The molecule has 0 radical (unpaired) electrons. The minimum absolute atomic E-state index is 0.121. The van der Waals surface area contributed by atoms with Crippen LogP contribution >= 0.6 is 0 Å². The number of hydrogen-bond donors (Lipinski definition) is 2. The molecule has 1 aromatic heterocycles. The van der Waals surface area contributed by atoms with Crippen molar-refractivity contribution in [1.82, 2.24) is 20.2 Å². The summed E-state index contributed by atoms with van der Waals surface area (Å²) >= 11 is 0. The van der Waals surface area contributed by atoms with Crippen LogP contribution in [-0.4, -0.2) is 51.8 Å². The van der Waals surface area contributed by atoms with Crippen molar-refractivity contribution in [2.75, 3.05) is 13.1 Å². The summed E-state index contributed by atoms with van der Waals surface area (Å²) in [6, 6.07) is 7.26. The molecule has 0 bridgehead atoms. The van der Waals surface area contributed by atoms with Crippen molar-refractivity contribution in [2.24, 2.45) is 5.92 Å². The van der Waals surface area contributed by atoms with Crippen molar-refractivity contribution in [3.8, 4) is 11.3 Å². The van der Waals surface area contributed by atoms with Crippen LogP contribution in [0.1, 0.15) is 70.6 Å². The molecule has 0 spiro atoms. The molecule has 1 aliphatic rings. The molecule has 2 amide bonds. The fourth-order valence-electron chi connectivity index (χ4n) is 3.91. The highest BCUT2D eigenvalue weighted by molar-refractivity contribution is 5.94. The molecule has 0 saturated heterocycles. The molecule has 1 aliphatic heterocycles. The fourth-order valence-corrected chi connectivity index (χ4v) is 3.91. The maximum atomic E-state index is 12.4. The zero-order chi connectivity index (χ0) is 26.5. The van der Waals surface area contributed by atoms with Crippen molar-refractivity contribution in [3.05, 3.63) is 41.9 Å². The zero-order valence-corrected chi connectivity index (χ0v) is 22.1. The number of fused-ring (bicyclic) bond motifs is 1. The lowest BCUT2D eigenvalue weighted by Gasteiger charge is -2.25. The first-order valence-corrected chi connectivity index (χ1v) is 12.4. The molecule has 1 aromatic carbocycles. The minimum Gasteiger partial charge on any atom is -0.460 e. The molecule has 9 heteroatoms. The van der Waals surface area contributed by atoms with E-state index in [2.05, 4.69) is 15.2 Å². The number of benzene rings is 1. The maximum absolute atomic E-state index is 12.4. The molecule has 3 rings (SSSR count). The van der Waals surface area contributed by atoms with E-state index in [0.717, 1.165) is 36.5 Å². The Morgan fingerprint density at radius 2 is 1.67 bits per heavy atom. The molecule has 9 nitrogen and oxygen atoms in total. The van der Waals surface area contributed by atoms with E-state index in [1.165, 1.54) is 0 Å². The lowest BCUT2D eigenvalue weighted by atomic mass is 9.98. The summed E-state index contributed by atoms with van der Waals surface area (Å²) in [6.07, 6.45) is 3.47. The Kier molecular flexibility index (Phi) is 8.43. The largest absolute Gasteiger partial charge is 0.460 e. The molecule has 2 aromatic rings. The Hall–Kier alpha value is -3.36. The number of rotatable bonds is 7. The van der Waals surface area contributed by atoms with Gasteiger partial charge in [0, 0.05) is 43.4 Å². The topological polar surface area (TPSA) is 112 Å². The Morgan fingerprint density at radius 1 is 1.00 bits per heavy atom. The second kappa shape index (κ2) is 11.1. The second-order valence-electron chi connectivity index (χ2n) is 11.1. The van der Waals surface area contributed by atoms with Gasteiger partial charge >= 0.3 is 12.1 Å². The highest BCUT2D eigenvalue weighted by Crippen LogP contribution is 2.25. The third-order valence-corrected chi connectivity index (χ3v) is 5.52. The van der Waals surface area contributed by atoms with Gasteiger partial charge in [-0.15, -0.1) is 0 Å². The molecule has 196 valence electrons. The van der Waals surface area contributed by atoms with Crippen molar-refractivity contribution >= 4 is 18.0 Å². The van der Waals surface area contributed by atoms with E-state index in [-0.39, 0.29) is 24.8 Å². The molecule has 0 fully saturated rings. The highest BCUT2D eigenvalue weighted by atomic mass is 16.6. The first-order chi connectivity index (χ1) is 16.8. The van der Waals surface area contributed by atoms with Crippen LogP contribution in [-0.2, 0) is 27.2 Å². The number of carbonyl (C=O) groups excluding carboxylic acids is 3. The van der Waals surface area contributed by atoms with Crippen LogP contribution in [0.15, 0.2) is 30.5 Å². The quantitative estimate of drug-likeness (QED) is 0.556. The third kappa shape index (κ3) is 8.39. The summed E-state index contributed by atoms with van der Waals surface area (Å²) in [5.41, 5.74) is 1.23. The van der Waals surface area contributed by atoms with Crippen molar-refractivity contribution in [3.63, 3.8) is 0 Å². The molecule has 0 saturated carbocycles. The number of ether oxygens (including phenoxy) is 2. The van der Waals surface area contributed by atoms with Crippen molar-refractivity contribution in [1.29, 1.82) is 0 Å². The Morgan fingerprint density at radius 3 is 2.31 bits per heavy atom. The number of hydrogen-bond acceptors (Lipinski definition) is 6. The third-order valence-electron chi connectivity index (χ3n) is 5.52. The van der Waals surface area contributed by atoms with Gasteiger partial charge in [0.1, 0.15) is 17.0 Å². The van der Waals surface area contributed by atoms with E-state index in [0.29, 0.717) is 18.0 Å². The number of nitrogens with one attached hydrogen (secondary N) is 2. The number of imidazole rings is 1. The fraction of sp³-hybridized carbons (Fsp3) is 0.556. The number of carbonyl (C=O) groups is 3. The van der Waals surface area contributed by atoms with E-state index >= 15 is 0 Å². The van der Waals surface area contributed by atoms with Gasteiger partial charge in [-0.05, 0) is 66.0 Å². The zero-order valence-electron chi connectivity index (χ0n) is 22.1. The summed E-state index contributed by atoms with van der Waals surface area (Å²) < 4.78 is 12.7. The Labute approximate surface area is 213 Å². The van der Waals surface area contributed by atoms with E-state index < -0.39 is 17.3 Å². The predicted octanol–water partition coefficient (Wildman–Crippen LogP) is 4.10. The lowest BCUT2D eigenvalue weighted by Crippen LogP contribution is -2.37. The molecular weight excluding hydrogens is 460 g/mol. The first-order valence-electron chi connectivity index (χ1n) is 12.4. The molecule has 36 heavy (non-hydrogen) atoms. The van der Waals surface area contributed by atoms with Crippen LogP contribution in [0.2, 0.25) is 0 Å². The Bertz CT molecular complexity index is 1080. The van der Waals surface area contributed by atoms with E-state index in [4.69, 9.17) is 14.5 Å². The van der Waals surface area contributed by atoms with Crippen LogP contribution in [0.25, 0.3) is 11.3 Å². The predicted molar refractivity (Wildman–Crippen MR) is 137 cm³/mol. The van der Waals surface area contributed by atoms with Gasteiger partial charge in [-0.1, -0.05) is 12.1 Å². The second-order valence-corrected chi connectivity index (χ2v) is 11.1. The SMILES string of the molecule is CC(C)(C)OC(=O)CCNC(=O)c1ccc(-c2cn3c(n2)CC(CNC(=O)OC(C)(C)C)CC3)cc1. The number of aromatic nitrogens is 2. The molecule has 1 atom stereocenters. The van der Waals surface area contributed by atoms with Crippen LogP contribution in [0.5, 0.6) is 0 Å².